The van der Waals surface area contributed by atoms with Gasteiger partial charge in [0.15, 0.2) is 0 Å². The van der Waals surface area contributed by atoms with Crippen molar-refractivity contribution in [3.05, 3.63) is 59.7 Å². The van der Waals surface area contributed by atoms with Crippen LogP contribution in [-0.4, -0.2) is 28.8 Å². The predicted molar refractivity (Wildman–Crippen MR) is 91.8 cm³/mol. The first-order chi connectivity index (χ1) is 12.1. The Labute approximate surface area is 150 Å². The van der Waals surface area contributed by atoms with Gasteiger partial charge < -0.3 is 0 Å². The number of hydrogen-bond donors (Lipinski definition) is 0. The van der Waals surface area contributed by atoms with Gasteiger partial charge in [-0.05, 0) is 35.9 Å². The number of halogens is 2. The molecule has 0 aliphatic carbocycles. The Morgan fingerprint density at radius 3 is 2.19 bits per heavy atom. The van der Waals surface area contributed by atoms with Crippen molar-refractivity contribution in [1.82, 2.24) is 0 Å². The maximum Gasteiger partial charge on any atom is 0.341 e. The van der Waals surface area contributed by atoms with Gasteiger partial charge in [0, 0.05) is 0 Å². The minimum absolute atomic E-state index is 0.150. The van der Waals surface area contributed by atoms with E-state index in [4.69, 9.17) is 5.26 Å². The average Bonchev–Trinajstić information content (AvgIpc) is 2.59. The molecule has 26 heavy (non-hydrogen) atoms. The Bertz CT molecular complexity index is 1040. The van der Waals surface area contributed by atoms with Crippen LogP contribution in [0.5, 0.6) is 0 Å². The predicted octanol–water partition coefficient (Wildman–Crippen LogP) is 2.52. The Hall–Kier alpha value is -2.51. The van der Waals surface area contributed by atoms with Crippen LogP contribution in [0.2, 0.25) is 0 Å². The highest BCUT2D eigenvalue weighted by Gasteiger charge is 2.26. The molecule has 0 aliphatic heterocycles. The summed E-state index contributed by atoms with van der Waals surface area (Å²) in [6.07, 6.45) is 0.988. The van der Waals surface area contributed by atoms with E-state index < -0.39 is 30.5 Å². The van der Waals surface area contributed by atoms with Gasteiger partial charge in [-0.15, -0.1) is 0 Å². The van der Waals surface area contributed by atoms with Crippen molar-refractivity contribution in [2.24, 2.45) is 0 Å². The zero-order valence-corrected chi connectivity index (χ0v) is 15.1. The molecule has 6 nitrogen and oxygen atoms in total. The van der Waals surface area contributed by atoms with Gasteiger partial charge in [0.25, 0.3) is 0 Å². The normalized spacial score (nSPS) is 12.0. The van der Waals surface area contributed by atoms with E-state index in [0.717, 1.165) is 22.7 Å². The quantitative estimate of drug-likeness (QED) is 0.742. The second-order valence-corrected chi connectivity index (χ2v) is 9.21. The fourth-order valence-electron chi connectivity index (χ4n) is 2.18. The molecule has 0 aromatic heterocycles. The Balaban J connectivity index is 2.37. The van der Waals surface area contributed by atoms with Gasteiger partial charge in [0.1, 0.15) is 0 Å². The first-order valence-corrected chi connectivity index (χ1v) is 10.5. The van der Waals surface area contributed by atoms with Crippen LogP contribution in [0.15, 0.2) is 53.4 Å². The first-order valence-electron chi connectivity index (χ1n) is 7.14. The van der Waals surface area contributed by atoms with Crippen molar-refractivity contribution in [2.45, 2.75) is 17.2 Å². The Morgan fingerprint density at radius 1 is 1.08 bits per heavy atom. The number of anilines is 1. The number of alkyl halides is 2. The van der Waals surface area contributed by atoms with E-state index >= 15 is 0 Å². The van der Waals surface area contributed by atoms with Gasteiger partial charge in [0.05, 0.1) is 35.0 Å². The topological polar surface area (TPSA) is 95.3 Å². The lowest BCUT2D eigenvalue weighted by atomic mass is 10.2. The number of nitrogens with zero attached hydrogens (tertiary/aromatic N) is 2. The molecule has 0 radical (unpaired) electrons. The third kappa shape index (κ3) is 4.36. The fraction of sp³-hybridized carbons (Fsp3) is 0.188. The number of sulfonamides is 1. The molecule has 0 fully saturated rings. The Kier molecular flexibility index (Phi) is 5.63. The number of nitriles is 1. The summed E-state index contributed by atoms with van der Waals surface area (Å²) in [4.78, 5) is -0.548. The molecule has 138 valence electrons. The van der Waals surface area contributed by atoms with Crippen LogP contribution < -0.4 is 4.31 Å². The molecule has 0 saturated carbocycles. The summed E-state index contributed by atoms with van der Waals surface area (Å²) in [7, 11) is -8.42. The van der Waals surface area contributed by atoms with E-state index in [0.29, 0.717) is 5.56 Å². The standard InChI is InChI=1S/C16H14F2N2O4S2/c1-25(21,22)20(14-4-2-3-13(9-14)10-19)11-12-5-7-15(8-6-12)26(23,24)16(17)18/h2-9,16H,11H2,1H3. The summed E-state index contributed by atoms with van der Waals surface area (Å²) < 4.78 is 73.2. The third-order valence-electron chi connectivity index (χ3n) is 3.48. The van der Waals surface area contributed by atoms with Crippen LogP contribution in [0.25, 0.3) is 0 Å². The van der Waals surface area contributed by atoms with E-state index in [1.807, 2.05) is 6.07 Å². The summed E-state index contributed by atoms with van der Waals surface area (Å²) in [5, 5.41) is 8.95. The van der Waals surface area contributed by atoms with Crippen LogP contribution in [0.1, 0.15) is 11.1 Å². The van der Waals surface area contributed by atoms with Crippen molar-refractivity contribution < 1.29 is 25.6 Å². The van der Waals surface area contributed by atoms with Gasteiger partial charge in [-0.2, -0.15) is 14.0 Å². The van der Waals surface area contributed by atoms with Gasteiger partial charge >= 0.3 is 5.76 Å². The summed E-state index contributed by atoms with van der Waals surface area (Å²) >= 11 is 0. The monoisotopic (exact) mass is 400 g/mol. The molecule has 0 aliphatic rings. The highest BCUT2D eigenvalue weighted by atomic mass is 32.2. The van der Waals surface area contributed by atoms with Crippen LogP contribution >= 0.6 is 0 Å². The van der Waals surface area contributed by atoms with Gasteiger partial charge in [-0.1, -0.05) is 18.2 Å². The molecule has 0 amide bonds. The minimum atomic E-state index is -4.71. The molecule has 2 rings (SSSR count). The van der Waals surface area contributed by atoms with Crippen molar-refractivity contribution in [2.75, 3.05) is 10.6 Å². The summed E-state index contributed by atoms with van der Waals surface area (Å²) in [5.41, 5.74) is 0.927. The minimum Gasteiger partial charge on any atom is -0.266 e. The van der Waals surface area contributed by atoms with E-state index in [1.54, 1.807) is 0 Å². The smallest absolute Gasteiger partial charge is 0.266 e. The molecule has 0 atom stereocenters. The van der Waals surface area contributed by atoms with Gasteiger partial charge in [-0.25, -0.2) is 16.8 Å². The molecule has 0 unspecified atom stereocenters. The molecular formula is C16H14F2N2O4S2. The van der Waals surface area contributed by atoms with Crippen molar-refractivity contribution in [1.29, 1.82) is 5.26 Å². The second kappa shape index (κ2) is 7.39. The molecule has 0 N–H and O–H groups in total. The summed E-state index contributed by atoms with van der Waals surface area (Å²) in [6.45, 7) is -0.150. The van der Waals surface area contributed by atoms with E-state index in [-0.39, 0.29) is 17.8 Å². The second-order valence-electron chi connectivity index (χ2n) is 5.38. The number of benzene rings is 2. The number of hydrogen-bond acceptors (Lipinski definition) is 5. The summed E-state index contributed by atoms with van der Waals surface area (Å²) in [6, 6.07) is 12.4. The average molecular weight is 400 g/mol. The van der Waals surface area contributed by atoms with Crippen LogP contribution in [0.3, 0.4) is 0 Å². The highest BCUT2D eigenvalue weighted by Crippen LogP contribution is 2.23. The maximum atomic E-state index is 12.6. The van der Waals surface area contributed by atoms with E-state index in [2.05, 4.69) is 0 Å². The summed E-state index contributed by atoms with van der Waals surface area (Å²) in [5.74, 6) is -3.53. The lowest BCUT2D eigenvalue weighted by Gasteiger charge is -2.22. The lowest BCUT2D eigenvalue weighted by molar-refractivity contribution is 0.234. The zero-order valence-electron chi connectivity index (χ0n) is 13.5. The van der Waals surface area contributed by atoms with Crippen molar-refractivity contribution in [3.63, 3.8) is 0 Å². The maximum absolute atomic E-state index is 12.6. The molecular weight excluding hydrogens is 386 g/mol. The zero-order chi connectivity index (χ0) is 19.5. The molecule has 10 heteroatoms. The largest absolute Gasteiger partial charge is 0.341 e. The van der Waals surface area contributed by atoms with Crippen LogP contribution in [0.4, 0.5) is 14.5 Å². The van der Waals surface area contributed by atoms with Gasteiger partial charge in [0.2, 0.25) is 19.9 Å². The van der Waals surface area contributed by atoms with E-state index in [9.17, 15) is 25.6 Å². The fourth-order valence-corrected chi connectivity index (χ4v) is 3.79. The SMILES string of the molecule is CS(=O)(=O)N(Cc1ccc(S(=O)(=O)C(F)F)cc1)c1cccc(C#N)c1. The van der Waals surface area contributed by atoms with Gasteiger partial charge in [-0.3, -0.25) is 4.31 Å². The highest BCUT2D eigenvalue weighted by molar-refractivity contribution is 7.92. The lowest BCUT2D eigenvalue weighted by Crippen LogP contribution is -2.29. The van der Waals surface area contributed by atoms with Crippen molar-refractivity contribution in [3.8, 4) is 6.07 Å². The Morgan fingerprint density at radius 2 is 1.69 bits per heavy atom. The molecule has 0 bridgehead atoms. The molecule has 0 spiro atoms. The number of sulfone groups is 1. The molecule has 0 saturated heterocycles. The first kappa shape index (κ1) is 19.8. The molecule has 0 heterocycles. The number of rotatable bonds is 6. The molecule has 2 aromatic carbocycles. The molecule has 2 aromatic rings. The van der Waals surface area contributed by atoms with Crippen LogP contribution in [0, 0.1) is 11.3 Å². The van der Waals surface area contributed by atoms with Crippen molar-refractivity contribution >= 4 is 25.5 Å². The van der Waals surface area contributed by atoms with E-state index in [1.165, 1.54) is 36.4 Å². The van der Waals surface area contributed by atoms with Crippen LogP contribution in [-0.2, 0) is 26.4 Å². The third-order valence-corrected chi connectivity index (χ3v) is 6.02.